The molecule has 5 nitrogen and oxygen atoms in total. The third kappa shape index (κ3) is 3.69. The van der Waals surface area contributed by atoms with Crippen LogP contribution in [0.15, 0.2) is 41.5 Å². The summed E-state index contributed by atoms with van der Waals surface area (Å²) in [7, 11) is 0. The molecule has 1 amide bonds. The van der Waals surface area contributed by atoms with Crippen LogP contribution in [0.5, 0.6) is 11.5 Å². The van der Waals surface area contributed by atoms with Crippen molar-refractivity contribution in [1.82, 2.24) is 5.43 Å². The third-order valence-corrected chi connectivity index (χ3v) is 3.62. The summed E-state index contributed by atoms with van der Waals surface area (Å²) >= 11 is 11.6. The lowest BCUT2D eigenvalue weighted by Crippen LogP contribution is -2.19. The summed E-state index contributed by atoms with van der Waals surface area (Å²) in [6, 6.07) is 8.56. The summed E-state index contributed by atoms with van der Waals surface area (Å²) in [6.07, 6.45) is 0. The van der Waals surface area contributed by atoms with E-state index in [1.165, 1.54) is 36.4 Å². The van der Waals surface area contributed by atoms with E-state index in [1.807, 2.05) is 0 Å². The summed E-state index contributed by atoms with van der Waals surface area (Å²) in [6.45, 7) is 1.61. The second-order valence-corrected chi connectivity index (χ2v) is 5.28. The highest BCUT2D eigenvalue weighted by Crippen LogP contribution is 2.24. The van der Waals surface area contributed by atoms with Gasteiger partial charge in [0, 0.05) is 17.2 Å². The Morgan fingerprint density at radius 3 is 2.45 bits per heavy atom. The monoisotopic (exact) mass is 338 g/mol. The van der Waals surface area contributed by atoms with Crippen molar-refractivity contribution in [1.29, 1.82) is 0 Å². The molecule has 0 radical (unpaired) electrons. The summed E-state index contributed by atoms with van der Waals surface area (Å²) in [5.74, 6) is -0.657. The van der Waals surface area contributed by atoms with E-state index >= 15 is 0 Å². The van der Waals surface area contributed by atoms with Gasteiger partial charge in [0.25, 0.3) is 5.91 Å². The summed E-state index contributed by atoms with van der Waals surface area (Å²) < 4.78 is 0. The van der Waals surface area contributed by atoms with Gasteiger partial charge in [0.05, 0.1) is 15.8 Å². The van der Waals surface area contributed by atoms with Crippen LogP contribution in [0, 0.1) is 0 Å². The highest BCUT2D eigenvalue weighted by atomic mass is 35.5. The van der Waals surface area contributed by atoms with Gasteiger partial charge in [-0.15, -0.1) is 0 Å². The van der Waals surface area contributed by atoms with Crippen LogP contribution < -0.4 is 5.43 Å². The number of nitrogens with zero attached hydrogens (tertiary/aromatic N) is 1. The smallest absolute Gasteiger partial charge is 0.271 e. The molecule has 2 aromatic carbocycles. The number of halogens is 2. The molecule has 0 aromatic heterocycles. The second kappa shape index (κ2) is 6.68. The van der Waals surface area contributed by atoms with Gasteiger partial charge in [0.2, 0.25) is 0 Å². The molecule has 0 atom stereocenters. The number of nitrogens with one attached hydrogen (secondary N) is 1. The first-order valence-corrected chi connectivity index (χ1v) is 6.96. The van der Waals surface area contributed by atoms with Crippen LogP contribution in [0.1, 0.15) is 22.8 Å². The number of phenolic OH excluding ortho intramolecular Hbond substituents is 2. The number of amides is 1. The van der Waals surface area contributed by atoms with Crippen molar-refractivity contribution in [2.75, 3.05) is 0 Å². The molecule has 0 saturated heterocycles. The normalized spacial score (nSPS) is 11.3. The topological polar surface area (TPSA) is 81.9 Å². The summed E-state index contributed by atoms with van der Waals surface area (Å²) in [5.41, 5.74) is 3.44. The molecule has 0 fully saturated rings. The van der Waals surface area contributed by atoms with E-state index in [0.29, 0.717) is 21.9 Å². The number of carbonyl (C=O) groups excluding carboxylic acids is 1. The minimum atomic E-state index is -0.462. The van der Waals surface area contributed by atoms with Gasteiger partial charge in [-0.2, -0.15) is 5.10 Å². The molecule has 0 aliphatic heterocycles. The van der Waals surface area contributed by atoms with Gasteiger partial charge < -0.3 is 10.2 Å². The first-order chi connectivity index (χ1) is 10.4. The zero-order chi connectivity index (χ0) is 16.3. The van der Waals surface area contributed by atoms with Crippen molar-refractivity contribution >= 4 is 34.8 Å². The van der Waals surface area contributed by atoms with Crippen LogP contribution >= 0.6 is 23.2 Å². The number of benzene rings is 2. The largest absolute Gasteiger partial charge is 0.508 e. The molecule has 0 spiro atoms. The Balaban J connectivity index is 2.16. The lowest BCUT2D eigenvalue weighted by molar-refractivity contribution is 0.0955. The van der Waals surface area contributed by atoms with E-state index in [9.17, 15) is 15.0 Å². The molecule has 0 saturated carbocycles. The molecule has 3 N–H and O–H groups in total. The van der Waals surface area contributed by atoms with Crippen molar-refractivity contribution in [3.8, 4) is 11.5 Å². The van der Waals surface area contributed by atoms with Crippen molar-refractivity contribution in [3.05, 3.63) is 57.6 Å². The van der Waals surface area contributed by atoms with E-state index in [-0.39, 0.29) is 16.5 Å². The zero-order valence-corrected chi connectivity index (χ0v) is 13.0. The quantitative estimate of drug-likeness (QED) is 0.591. The molecule has 7 heteroatoms. The van der Waals surface area contributed by atoms with Gasteiger partial charge in [-0.3, -0.25) is 4.79 Å². The van der Waals surface area contributed by atoms with Crippen LogP contribution in [-0.4, -0.2) is 21.8 Å². The fourth-order valence-corrected chi connectivity index (χ4v) is 2.02. The molecule has 0 aliphatic rings. The van der Waals surface area contributed by atoms with E-state index in [2.05, 4.69) is 10.5 Å². The Morgan fingerprint density at radius 1 is 1.09 bits per heavy atom. The number of carbonyl (C=O) groups is 1. The molecule has 0 aliphatic carbocycles. The molecular weight excluding hydrogens is 327 g/mol. The predicted octanol–water partition coefficient (Wildman–Crippen LogP) is 3.56. The lowest BCUT2D eigenvalue weighted by atomic mass is 10.1. The maximum atomic E-state index is 12.0. The van der Waals surface area contributed by atoms with Crippen LogP contribution in [0.4, 0.5) is 0 Å². The molecule has 0 bridgehead atoms. The Hall–Kier alpha value is -2.24. The molecule has 0 heterocycles. The standard InChI is InChI=1S/C15H12Cl2N2O3/c1-8(11-4-3-10(20)7-14(11)21)18-19-15(22)9-2-5-12(16)13(17)6-9/h2-7,20-21H,1H3,(H,19,22)/b18-8+. The van der Waals surface area contributed by atoms with Gasteiger partial charge in [0.15, 0.2) is 0 Å². The number of phenols is 2. The maximum Gasteiger partial charge on any atom is 0.271 e. The van der Waals surface area contributed by atoms with Gasteiger partial charge in [-0.1, -0.05) is 23.2 Å². The fourth-order valence-electron chi connectivity index (χ4n) is 1.72. The van der Waals surface area contributed by atoms with Crippen LogP contribution in [0.3, 0.4) is 0 Å². The first-order valence-electron chi connectivity index (χ1n) is 6.20. The van der Waals surface area contributed by atoms with Gasteiger partial charge >= 0.3 is 0 Å². The van der Waals surface area contributed by atoms with E-state index in [1.54, 1.807) is 6.92 Å². The highest BCUT2D eigenvalue weighted by molar-refractivity contribution is 6.42. The zero-order valence-electron chi connectivity index (χ0n) is 11.5. The number of hydrogen-bond donors (Lipinski definition) is 3. The van der Waals surface area contributed by atoms with Gasteiger partial charge in [0.1, 0.15) is 11.5 Å². The molecular formula is C15H12Cl2N2O3. The fraction of sp³-hybridized carbons (Fsp3) is 0.0667. The molecule has 114 valence electrons. The van der Waals surface area contributed by atoms with Gasteiger partial charge in [-0.05, 0) is 37.3 Å². The Kier molecular flexibility index (Phi) is 4.90. The van der Waals surface area contributed by atoms with Crippen molar-refractivity contribution in [2.45, 2.75) is 6.92 Å². The summed E-state index contributed by atoms with van der Waals surface area (Å²) in [4.78, 5) is 12.0. The summed E-state index contributed by atoms with van der Waals surface area (Å²) in [5, 5.41) is 23.5. The Bertz CT molecular complexity index is 760. The Morgan fingerprint density at radius 2 is 1.82 bits per heavy atom. The van der Waals surface area contributed by atoms with E-state index in [4.69, 9.17) is 23.2 Å². The number of hydrogen-bond acceptors (Lipinski definition) is 4. The molecule has 2 aromatic rings. The average Bonchev–Trinajstić information content (AvgIpc) is 2.47. The number of rotatable bonds is 3. The lowest BCUT2D eigenvalue weighted by Gasteiger charge is -2.06. The maximum absolute atomic E-state index is 12.0. The average molecular weight is 339 g/mol. The van der Waals surface area contributed by atoms with Crippen molar-refractivity contribution in [3.63, 3.8) is 0 Å². The van der Waals surface area contributed by atoms with E-state index < -0.39 is 5.91 Å². The molecule has 22 heavy (non-hydrogen) atoms. The van der Waals surface area contributed by atoms with Crippen LogP contribution in [0.25, 0.3) is 0 Å². The second-order valence-electron chi connectivity index (χ2n) is 4.47. The molecule has 2 rings (SSSR count). The minimum absolute atomic E-state index is 0.0612. The number of aromatic hydroxyl groups is 2. The molecule has 0 unspecified atom stereocenters. The predicted molar refractivity (Wildman–Crippen MR) is 85.9 cm³/mol. The van der Waals surface area contributed by atoms with E-state index in [0.717, 1.165) is 0 Å². The van der Waals surface area contributed by atoms with Gasteiger partial charge in [-0.25, -0.2) is 5.43 Å². The Labute approximate surface area is 136 Å². The van der Waals surface area contributed by atoms with Crippen LogP contribution in [0.2, 0.25) is 10.0 Å². The SMILES string of the molecule is C/C(=N\NC(=O)c1ccc(Cl)c(Cl)c1)c1ccc(O)cc1O. The minimum Gasteiger partial charge on any atom is -0.508 e. The number of hydrazone groups is 1. The van der Waals surface area contributed by atoms with Crippen molar-refractivity contribution < 1.29 is 15.0 Å². The van der Waals surface area contributed by atoms with Crippen LogP contribution in [-0.2, 0) is 0 Å². The third-order valence-electron chi connectivity index (χ3n) is 2.88. The first kappa shape index (κ1) is 16.1. The highest BCUT2D eigenvalue weighted by Gasteiger charge is 2.09. The van der Waals surface area contributed by atoms with Crippen molar-refractivity contribution in [2.24, 2.45) is 5.10 Å².